The molecular weight excluding hydrogens is 254 g/mol. The summed E-state index contributed by atoms with van der Waals surface area (Å²) in [6, 6.07) is 5.85. The molecule has 0 aliphatic carbocycles. The molecule has 112 valence electrons. The third kappa shape index (κ3) is 4.20. The summed E-state index contributed by atoms with van der Waals surface area (Å²) in [6.07, 6.45) is 2.42. The minimum absolute atomic E-state index is 0.0666. The van der Waals surface area contributed by atoms with Gasteiger partial charge in [-0.2, -0.15) is 0 Å². The fourth-order valence-electron chi connectivity index (χ4n) is 2.80. The summed E-state index contributed by atoms with van der Waals surface area (Å²) in [5.74, 6) is 1.51. The van der Waals surface area contributed by atoms with Crippen LogP contribution in [0.1, 0.15) is 24.0 Å². The van der Waals surface area contributed by atoms with E-state index in [1.54, 1.807) is 7.11 Å². The average molecular weight is 279 g/mol. The lowest BCUT2D eigenvalue weighted by Gasteiger charge is -2.27. The number of hydrogen-bond donors (Lipinski definition) is 1. The van der Waals surface area contributed by atoms with Crippen LogP contribution in [0, 0.1) is 5.92 Å². The number of rotatable bonds is 6. The smallest absolute Gasteiger partial charge is 0.123 e. The maximum atomic E-state index is 9.25. The van der Waals surface area contributed by atoms with E-state index in [0.717, 1.165) is 43.2 Å². The largest absolute Gasteiger partial charge is 0.496 e. The molecule has 1 aliphatic heterocycles. The number of methoxy groups -OCH3 is 1. The molecule has 0 amide bonds. The molecule has 4 nitrogen and oxygen atoms in total. The highest BCUT2D eigenvalue weighted by Crippen LogP contribution is 2.22. The normalized spacial score (nSPS) is 19.3. The minimum Gasteiger partial charge on any atom is -0.496 e. The van der Waals surface area contributed by atoms with E-state index in [1.165, 1.54) is 12.8 Å². The van der Waals surface area contributed by atoms with Crippen molar-refractivity contribution in [1.82, 2.24) is 4.90 Å². The van der Waals surface area contributed by atoms with Gasteiger partial charge in [0.25, 0.3) is 0 Å². The van der Waals surface area contributed by atoms with Crippen LogP contribution in [-0.2, 0) is 17.9 Å². The van der Waals surface area contributed by atoms with E-state index in [9.17, 15) is 5.11 Å². The Morgan fingerprint density at radius 2 is 2.30 bits per heavy atom. The Balaban J connectivity index is 1.96. The molecule has 4 heteroatoms. The van der Waals surface area contributed by atoms with Gasteiger partial charge in [0.1, 0.15) is 5.75 Å². The average Bonchev–Trinajstić information content (AvgIpc) is 2.48. The lowest BCUT2D eigenvalue weighted by Crippen LogP contribution is -2.30. The number of benzene rings is 1. The van der Waals surface area contributed by atoms with Crippen LogP contribution in [-0.4, -0.2) is 43.9 Å². The molecule has 0 aromatic heterocycles. The molecule has 0 saturated carbocycles. The summed E-state index contributed by atoms with van der Waals surface area (Å²) in [5.41, 5.74) is 2.05. The molecule has 1 heterocycles. The van der Waals surface area contributed by atoms with Gasteiger partial charge in [0.15, 0.2) is 0 Å². The zero-order chi connectivity index (χ0) is 14.4. The molecule has 1 N–H and O–H groups in total. The lowest BCUT2D eigenvalue weighted by molar-refractivity contribution is 0.0411. The van der Waals surface area contributed by atoms with Gasteiger partial charge in [-0.1, -0.05) is 6.07 Å². The molecular formula is C16H25NO3. The number of aliphatic hydroxyl groups is 1. The van der Waals surface area contributed by atoms with Gasteiger partial charge in [-0.25, -0.2) is 0 Å². The van der Waals surface area contributed by atoms with Crippen LogP contribution in [0.15, 0.2) is 18.2 Å². The molecule has 2 rings (SSSR count). The summed E-state index contributed by atoms with van der Waals surface area (Å²) in [6.45, 7) is 3.71. The maximum Gasteiger partial charge on any atom is 0.123 e. The van der Waals surface area contributed by atoms with E-state index >= 15 is 0 Å². The predicted molar refractivity (Wildman–Crippen MR) is 78.8 cm³/mol. The summed E-state index contributed by atoms with van der Waals surface area (Å²) in [4.78, 5) is 2.30. The van der Waals surface area contributed by atoms with Crippen molar-refractivity contribution >= 4 is 0 Å². The Labute approximate surface area is 121 Å². The number of ether oxygens (including phenoxy) is 2. The van der Waals surface area contributed by atoms with E-state index < -0.39 is 0 Å². The molecule has 1 atom stereocenters. The van der Waals surface area contributed by atoms with Crippen molar-refractivity contribution in [3.8, 4) is 5.75 Å². The Morgan fingerprint density at radius 3 is 2.95 bits per heavy atom. The minimum atomic E-state index is 0.0666. The first kappa shape index (κ1) is 15.3. The molecule has 1 unspecified atom stereocenters. The van der Waals surface area contributed by atoms with Crippen LogP contribution in [0.4, 0.5) is 0 Å². The molecule has 20 heavy (non-hydrogen) atoms. The number of hydrogen-bond acceptors (Lipinski definition) is 4. The summed E-state index contributed by atoms with van der Waals surface area (Å²) in [7, 11) is 3.81. The second kappa shape index (κ2) is 7.62. The van der Waals surface area contributed by atoms with Crippen LogP contribution >= 0.6 is 0 Å². The van der Waals surface area contributed by atoms with E-state index in [4.69, 9.17) is 9.47 Å². The van der Waals surface area contributed by atoms with Gasteiger partial charge >= 0.3 is 0 Å². The van der Waals surface area contributed by atoms with Crippen LogP contribution in [0.2, 0.25) is 0 Å². The van der Waals surface area contributed by atoms with Gasteiger partial charge in [-0.05, 0) is 43.5 Å². The molecule has 1 aromatic carbocycles. The van der Waals surface area contributed by atoms with Crippen LogP contribution in [0.5, 0.6) is 5.75 Å². The molecule has 1 aliphatic rings. The highest BCUT2D eigenvalue weighted by atomic mass is 16.5. The standard InChI is InChI=1S/C16H25NO3/c1-17(9-14-4-3-7-20-12-14)10-15-8-13(11-18)5-6-16(15)19-2/h5-6,8,14,18H,3-4,7,9-12H2,1-2H3. The van der Waals surface area contributed by atoms with Crippen molar-refractivity contribution in [1.29, 1.82) is 0 Å². The van der Waals surface area contributed by atoms with Crippen molar-refractivity contribution in [3.63, 3.8) is 0 Å². The third-order valence-corrected chi connectivity index (χ3v) is 3.79. The number of nitrogens with zero attached hydrogens (tertiary/aromatic N) is 1. The summed E-state index contributed by atoms with van der Waals surface area (Å²) in [5, 5.41) is 9.25. The van der Waals surface area contributed by atoms with Gasteiger partial charge in [0, 0.05) is 25.3 Å². The van der Waals surface area contributed by atoms with Gasteiger partial charge < -0.3 is 19.5 Å². The third-order valence-electron chi connectivity index (χ3n) is 3.79. The van der Waals surface area contributed by atoms with Gasteiger partial charge in [0.2, 0.25) is 0 Å². The maximum absolute atomic E-state index is 9.25. The fraction of sp³-hybridized carbons (Fsp3) is 0.625. The van der Waals surface area contributed by atoms with Crippen molar-refractivity contribution in [3.05, 3.63) is 29.3 Å². The SMILES string of the molecule is COc1ccc(CO)cc1CN(C)CC1CCCOC1. The fourth-order valence-corrected chi connectivity index (χ4v) is 2.80. The molecule has 1 saturated heterocycles. The number of aliphatic hydroxyl groups excluding tert-OH is 1. The van der Waals surface area contributed by atoms with E-state index in [1.807, 2.05) is 18.2 Å². The Bertz CT molecular complexity index is 416. The highest BCUT2D eigenvalue weighted by molar-refractivity contribution is 5.37. The second-order valence-corrected chi connectivity index (χ2v) is 5.58. The first-order chi connectivity index (χ1) is 9.72. The van der Waals surface area contributed by atoms with E-state index in [2.05, 4.69) is 11.9 Å². The van der Waals surface area contributed by atoms with E-state index in [0.29, 0.717) is 5.92 Å². The molecule has 1 fully saturated rings. The van der Waals surface area contributed by atoms with E-state index in [-0.39, 0.29) is 6.61 Å². The summed E-state index contributed by atoms with van der Waals surface area (Å²) < 4.78 is 10.9. The van der Waals surface area contributed by atoms with Crippen LogP contribution in [0.25, 0.3) is 0 Å². The van der Waals surface area contributed by atoms with Crippen molar-refractivity contribution in [2.75, 3.05) is 33.9 Å². The van der Waals surface area contributed by atoms with Crippen molar-refractivity contribution in [2.24, 2.45) is 5.92 Å². The van der Waals surface area contributed by atoms with Gasteiger partial charge in [-0.3, -0.25) is 0 Å². The monoisotopic (exact) mass is 279 g/mol. The van der Waals surface area contributed by atoms with Crippen molar-refractivity contribution < 1.29 is 14.6 Å². The second-order valence-electron chi connectivity index (χ2n) is 5.58. The van der Waals surface area contributed by atoms with Gasteiger partial charge in [0.05, 0.1) is 20.3 Å². The topological polar surface area (TPSA) is 41.9 Å². The van der Waals surface area contributed by atoms with Crippen molar-refractivity contribution in [2.45, 2.75) is 26.0 Å². The lowest BCUT2D eigenvalue weighted by atomic mass is 10.0. The zero-order valence-corrected chi connectivity index (χ0v) is 12.5. The molecule has 0 bridgehead atoms. The summed E-state index contributed by atoms with van der Waals surface area (Å²) >= 11 is 0. The van der Waals surface area contributed by atoms with Crippen LogP contribution in [0.3, 0.4) is 0 Å². The quantitative estimate of drug-likeness (QED) is 0.865. The Hall–Kier alpha value is -1.10. The van der Waals surface area contributed by atoms with Crippen LogP contribution < -0.4 is 4.74 Å². The zero-order valence-electron chi connectivity index (χ0n) is 12.5. The molecule has 1 aromatic rings. The molecule has 0 spiro atoms. The first-order valence-corrected chi connectivity index (χ1v) is 7.26. The van der Waals surface area contributed by atoms with Gasteiger partial charge in [-0.15, -0.1) is 0 Å². The highest BCUT2D eigenvalue weighted by Gasteiger charge is 2.16. The Kier molecular flexibility index (Phi) is 5.83. The molecule has 0 radical (unpaired) electrons. The predicted octanol–water partition coefficient (Wildman–Crippen LogP) is 2.05. The first-order valence-electron chi connectivity index (χ1n) is 7.26. The Morgan fingerprint density at radius 1 is 1.45 bits per heavy atom.